The number of rotatable bonds is 8. The summed E-state index contributed by atoms with van der Waals surface area (Å²) in [5.41, 5.74) is 0. The van der Waals surface area contributed by atoms with Gasteiger partial charge in [-0.15, -0.1) is 13.2 Å². The van der Waals surface area contributed by atoms with Gasteiger partial charge in [0.1, 0.15) is 0 Å². The normalized spacial score (nSPS) is 10.2. The van der Waals surface area contributed by atoms with Gasteiger partial charge in [-0.05, 0) is 32.4 Å². The third kappa shape index (κ3) is 6.17. The second-order valence-electron chi connectivity index (χ2n) is 3.09. The number of hydrogen-bond donors (Lipinski definition) is 1. The maximum atomic E-state index is 3.76. The molecule has 12 heavy (non-hydrogen) atoms. The van der Waals surface area contributed by atoms with Gasteiger partial charge < -0.3 is 5.32 Å². The molecule has 0 saturated heterocycles. The van der Waals surface area contributed by atoms with Crippen molar-refractivity contribution in [1.82, 2.24) is 5.32 Å². The highest BCUT2D eigenvalue weighted by molar-refractivity contribution is 4.91. The van der Waals surface area contributed by atoms with Gasteiger partial charge in [-0.3, -0.25) is 0 Å². The van der Waals surface area contributed by atoms with Gasteiger partial charge in [0.15, 0.2) is 0 Å². The lowest BCUT2D eigenvalue weighted by atomic mass is 10.0. The molecule has 0 radical (unpaired) electrons. The fourth-order valence-corrected chi connectivity index (χ4v) is 1.19. The maximum absolute atomic E-state index is 3.76. The molecular formula is C11H21N. The van der Waals surface area contributed by atoms with Crippen molar-refractivity contribution in [2.45, 2.75) is 25.7 Å². The Balaban J connectivity index is 3.17. The number of nitrogens with one attached hydrogen (secondary N) is 1. The Bertz CT molecular complexity index is 110. The topological polar surface area (TPSA) is 12.0 Å². The smallest absolute Gasteiger partial charge is 0.00519 e. The first kappa shape index (κ1) is 11.4. The zero-order valence-electron chi connectivity index (χ0n) is 8.18. The van der Waals surface area contributed by atoms with E-state index in [1.807, 2.05) is 19.2 Å². The monoisotopic (exact) mass is 167 g/mol. The standard InChI is InChI=1S/C11H21N/c1-4-11(5-2)9-7-6-8-10-12-3/h4-5,11-12H,1-2,6-10H2,3H3. The van der Waals surface area contributed by atoms with E-state index < -0.39 is 0 Å². The molecule has 1 N–H and O–H groups in total. The van der Waals surface area contributed by atoms with Gasteiger partial charge in [0.05, 0.1) is 0 Å². The highest BCUT2D eigenvalue weighted by Crippen LogP contribution is 2.11. The fourth-order valence-electron chi connectivity index (χ4n) is 1.19. The molecule has 1 heteroatoms. The number of allylic oxidation sites excluding steroid dienone is 2. The van der Waals surface area contributed by atoms with E-state index in [0.29, 0.717) is 5.92 Å². The third-order valence-electron chi connectivity index (χ3n) is 2.07. The van der Waals surface area contributed by atoms with Crippen LogP contribution in [-0.4, -0.2) is 13.6 Å². The van der Waals surface area contributed by atoms with Gasteiger partial charge in [-0.1, -0.05) is 25.0 Å². The lowest BCUT2D eigenvalue weighted by Gasteiger charge is -2.05. The van der Waals surface area contributed by atoms with Gasteiger partial charge in [0, 0.05) is 0 Å². The first-order valence-electron chi connectivity index (χ1n) is 4.74. The van der Waals surface area contributed by atoms with Crippen LogP contribution in [0.25, 0.3) is 0 Å². The van der Waals surface area contributed by atoms with E-state index in [9.17, 15) is 0 Å². The average molecular weight is 167 g/mol. The second kappa shape index (κ2) is 8.54. The van der Waals surface area contributed by atoms with Crippen molar-refractivity contribution >= 4 is 0 Å². The van der Waals surface area contributed by atoms with Crippen LogP contribution in [-0.2, 0) is 0 Å². The summed E-state index contributed by atoms with van der Waals surface area (Å²) in [5, 5.41) is 3.14. The highest BCUT2D eigenvalue weighted by Gasteiger charge is 1.97. The van der Waals surface area contributed by atoms with E-state index in [4.69, 9.17) is 0 Å². The summed E-state index contributed by atoms with van der Waals surface area (Å²) in [6.07, 6.45) is 9.02. The molecule has 0 heterocycles. The minimum atomic E-state index is 0.514. The Morgan fingerprint density at radius 3 is 2.33 bits per heavy atom. The van der Waals surface area contributed by atoms with E-state index >= 15 is 0 Å². The highest BCUT2D eigenvalue weighted by atomic mass is 14.8. The molecule has 0 rings (SSSR count). The van der Waals surface area contributed by atoms with E-state index in [2.05, 4.69) is 18.5 Å². The van der Waals surface area contributed by atoms with Gasteiger partial charge in [0.25, 0.3) is 0 Å². The SMILES string of the molecule is C=CC(C=C)CCCCCNC. The van der Waals surface area contributed by atoms with Crippen molar-refractivity contribution < 1.29 is 0 Å². The van der Waals surface area contributed by atoms with Crippen molar-refractivity contribution in [3.05, 3.63) is 25.3 Å². The van der Waals surface area contributed by atoms with Crippen molar-refractivity contribution in [2.75, 3.05) is 13.6 Å². The summed E-state index contributed by atoms with van der Waals surface area (Å²) < 4.78 is 0. The van der Waals surface area contributed by atoms with Crippen LogP contribution in [0.4, 0.5) is 0 Å². The summed E-state index contributed by atoms with van der Waals surface area (Å²) >= 11 is 0. The van der Waals surface area contributed by atoms with E-state index in [0.717, 1.165) is 6.54 Å². The molecule has 0 unspecified atom stereocenters. The summed E-state index contributed by atoms with van der Waals surface area (Å²) in [5.74, 6) is 0.514. The van der Waals surface area contributed by atoms with Crippen LogP contribution in [0.15, 0.2) is 25.3 Å². The molecule has 0 aliphatic carbocycles. The van der Waals surface area contributed by atoms with E-state index in [1.165, 1.54) is 25.7 Å². The van der Waals surface area contributed by atoms with Crippen LogP contribution in [0.3, 0.4) is 0 Å². The first-order chi connectivity index (χ1) is 5.85. The first-order valence-corrected chi connectivity index (χ1v) is 4.74. The van der Waals surface area contributed by atoms with Gasteiger partial charge >= 0.3 is 0 Å². The molecule has 0 amide bonds. The number of hydrogen-bond acceptors (Lipinski definition) is 1. The van der Waals surface area contributed by atoms with Crippen LogP contribution >= 0.6 is 0 Å². The minimum absolute atomic E-state index is 0.514. The summed E-state index contributed by atoms with van der Waals surface area (Å²) in [7, 11) is 2.00. The Kier molecular flexibility index (Phi) is 8.14. The molecule has 0 aliphatic heterocycles. The molecule has 0 bridgehead atoms. The molecule has 0 atom stereocenters. The molecule has 70 valence electrons. The molecular weight excluding hydrogens is 146 g/mol. The van der Waals surface area contributed by atoms with Crippen molar-refractivity contribution in [2.24, 2.45) is 5.92 Å². The molecule has 0 aromatic heterocycles. The lowest BCUT2D eigenvalue weighted by molar-refractivity contribution is 0.583. The zero-order valence-corrected chi connectivity index (χ0v) is 8.18. The molecule has 1 nitrogen and oxygen atoms in total. The zero-order chi connectivity index (χ0) is 9.23. The lowest BCUT2D eigenvalue weighted by Crippen LogP contribution is -2.07. The Morgan fingerprint density at radius 2 is 1.83 bits per heavy atom. The molecule has 0 spiro atoms. The van der Waals surface area contributed by atoms with Crippen LogP contribution in [0.5, 0.6) is 0 Å². The molecule has 0 fully saturated rings. The predicted octanol–water partition coefficient (Wildman–Crippen LogP) is 2.75. The fraction of sp³-hybridized carbons (Fsp3) is 0.636. The quantitative estimate of drug-likeness (QED) is 0.433. The summed E-state index contributed by atoms with van der Waals surface area (Å²) in [4.78, 5) is 0. The second-order valence-corrected chi connectivity index (χ2v) is 3.09. The molecule has 0 saturated carbocycles. The van der Waals surface area contributed by atoms with Crippen LogP contribution in [0.1, 0.15) is 25.7 Å². The third-order valence-corrected chi connectivity index (χ3v) is 2.07. The molecule has 0 aliphatic rings. The Hall–Kier alpha value is -0.560. The van der Waals surface area contributed by atoms with Crippen LogP contribution in [0, 0.1) is 5.92 Å². The van der Waals surface area contributed by atoms with Gasteiger partial charge in [0.2, 0.25) is 0 Å². The Labute approximate surface area is 76.6 Å². The van der Waals surface area contributed by atoms with Gasteiger partial charge in [-0.2, -0.15) is 0 Å². The summed E-state index contributed by atoms with van der Waals surface area (Å²) in [6.45, 7) is 8.66. The van der Waals surface area contributed by atoms with E-state index in [1.54, 1.807) is 0 Å². The van der Waals surface area contributed by atoms with Crippen LogP contribution < -0.4 is 5.32 Å². The van der Waals surface area contributed by atoms with Crippen molar-refractivity contribution in [3.63, 3.8) is 0 Å². The maximum Gasteiger partial charge on any atom is -0.00519 e. The van der Waals surface area contributed by atoms with Crippen molar-refractivity contribution in [1.29, 1.82) is 0 Å². The van der Waals surface area contributed by atoms with Gasteiger partial charge in [-0.25, -0.2) is 0 Å². The largest absolute Gasteiger partial charge is 0.320 e. The van der Waals surface area contributed by atoms with E-state index in [-0.39, 0.29) is 0 Å². The Morgan fingerprint density at radius 1 is 1.17 bits per heavy atom. The molecule has 0 aromatic carbocycles. The van der Waals surface area contributed by atoms with Crippen LogP contribution in [0.2, 0.25) is 0 Å². The van der Waals surface area contributed by atoms with Crippen molar-refractivity contribution in [3.8, 4) is 0 Å². The summed E-state index contributed by atoms with van der Waals surface area (Å²) in [6, 6.07) is 0. The molecule has 0 aromatic rings. The predicted molar refractivity (Wildman–Crippen MR) is 56.3 cm³/mol. The average Bonchev–Trinajstić information content (AvgIpc) is 2.11. The number of unbranched alkanes of at least 4 members (excludes halogenated alkanes) is 2. The minimum Gasteiger partial charge on any atom is -0.320 e.